The molecule has 2 aromatic carbocycles. The van der Waals surface area contributed by atoms with Crippen molar-refractivity contribution in [1.29, 1.82) is 0 Å². The smallest absolute Gasteiger partial charge is 0.255 e. The molecule has 0 saturated carbocycles. The summed E-state index contributed by atoms with van der Waals surface area (Å²) in [6.07, 6.45) is 4.22. The van der Waals surface area contributed by atoms with Gasteiger partial charge in [-0.3, -0.25) is 14.7 Å². The largest absolute Gasteiger partial charge is 0.322 e. The molecule has 3 heterocycles. The second kappa shape index (κ2) is 7.44. The van der Waals surface area contributed by atoms with Crippen molar-refractivity contribution >= 4 is 22.6 Å². The molecule has 1 aliphatic heterocycles. The Morgan fingerprint density at radius 2 is 1.86 bits per heavy atom. The first-order valence-corrected chi connectivity index (χ1v) is 9.51. The molecule has 1 N–H and O–H groups in total. The molecule has 7 nitrogen and oxygen atoms in total. The summed E-state index contributed by atoms with van der Waals surface area (Å²) >= 11 is 0. The van der Waals surface area contributed by atoms with E-state index in [-0.39, 0.29) is 5.91 Å². The Balaban J connectivity index is 1.30. The van der Waals surface area contributed by atoms with Gasteiger partial charge in [-0.05, 0) is 69.8 Å². The molecule has 29 heavy (non-hydrogen) atoms. The molecule has 0 bridgehead atoms. The van der Waals surface area contributed by atoms with Gasteiger partial charge in [-0.25, -0.2) is 4.63 Å². The van der Waals surface area contributed by atoms with E-state index in [1.54, 1.807) is 24.5 Å². The normalized spacial score (nSPS) is 13.9. The van der Waals surface area contributed by atoms with E-state index in [0.29, 0.717) is 5.56 Å². The first-order chi connectivity index (χ1) is 14.2. The van der Waals surface area contributed by atoms with E-state index in [4.69, 9.17) is 4.63 Å². The van der Waals surface area contributed by atoms with Crippen LogP contribution >= 0.6 is 0 Å². The lowest BCUT2D eigenvalue weighted by atomic mass is 9.98. The highest BCUT2D eigenvalue weighted by molar-refractivity contribution is 6.04. The number of hydrogen-bond donors (Lipinski definition) is 1. The van der Waals surface area contributed by atoms with Crippen LogP contribution < -0.4 is 5.32 Å². The van der Waals surface area contributed by atoms with Crippen LogP contribution in [-0.2, 0) is 19.5 Å². The SMILES string of the molecule is O=C(Nc1ccc2c(c1)CN(Cc1ccc3nonc3c1)CC2)c1ccncc1. The zero-order valence-corrected chi connectivity index (χ0v) is 15.7. The van der Waals surface area contributed by atoms with Gasteiger partial charge in [0.15, 0.2) is 0 Å². The van der Waals surface area contributed by atoms with Crippen molar-refractivity contribution in [2.24, 2.45) is 0 Å². The Kier molecular flexibility index (Phi) is 4.50. The van der Waals surface area contributed by atoms with Gasteiger partial charge in [-0.15, -0.1) is 0 Å². The number of carbonyl (C=O) groups excluding carboxylic acids is 1. The molecule has 0 radical (unpaired) electrons. The van der Waals surface area contributed by atoms with Crippen LogP contribution in [0.25, 0.3) is 11.0 Å². The summed E-state index contributed by atoms with van der Waals surface area (Å²) in [5, 5.41) is 10.8. The fraction of sp³-hybridized carbons (Fsp3) is 0.182. The Bertz CT molecular complexity index is 1170. The van der Waals surface area contributed by atoms with Crippen molar-refractivity contribution in [2.45, 2.75) is 19.5 Å². The molecule has 0 atom stereocenters. The third kappa shape index (κ3) is 3.72. The van der Waals surface area contributed by atoms with Crippen LogP contribution in [0, 0.1) is 0 Å². The van der Waals surface area contributed by atoms with Gasteiger partial charge in [0, 0.05) is 43.3 Å². The van der Waals surface area contributed by atoms with Crippen molar-refractivity contribution in [3.05, 3.63) is 83.2 Å². The van der Waals surface area contributed by atoms with E-state index in [1.165, 1.54) is 16.7 Å². The quantitative estimate of drug-likeness (QED) is 0.579. The number of rotatable bonds is 4. The molecule has 4 aromatic rings. The molecule has 7 heteroatoms. The van der Waals surface area contributed by atoms with E-state index in [0.717, 1.165) is 42.8 Å². The summed E-state index contributed by atoms with van der Waals surface area (Å²) < 4.78 is 4.78. The lowest BCUT2D eigenvalue weighted by Gasteiger charge is -2.29. The molecular weight excluding hydrogens is 366 g/mol. The van der Waals surface area contributed by atoms with Gasteiger partial charge in [0.25, 0.3) is 5.91 Å². The third-order valence-electron chi connectivity index (χ3n) is 5.22. The van der Waals surface area contributed by atoms with Gasteiger partial charge >= 0.3 is 0 Å². The van der Waals surface area contributed by atoms with Crippen molar-refractivity contribution < 1.29 is 9.42 Å². The van der Waals surface area contributed by atoms with Gasteiger partial charge < -0.3 is 5.32 Å². The van der Waals surface area contributed by atoms with Crippen LogP contribution in [0.4, 0.5) is 5.69 Å². The van der Waals surface area contributed by atoms with E-state index in [9.17, 15) is 4.79 Å². The summed E-state index contributed by atoms with van der Waals surface area (Å²) in [6.45, 7) is 2.66. The molecule has 0 unspecified atom stereocenters. The Hall–Kier alpha value is -3.58. The van der Waals surface area contributed by atoms with E-state index in [2.05, 4.69) is 43.7 Å². The van der Waals surface area contributed by atoms with Crippen LogP contribution in [0.1, 0.15) is 27.0 Å². The highest BCUT2D eigenvalue weighted by atomic mass is 16.6. The average molecular weight is 385 g/mol. The Labute approximate surface area is 167 Å². The second-order valence-corrected chi connectivity index (χ2v) is 7.22. The summed E-state index contributed by atoms with van der Waals surface area (Å²) in [5.41, 5.74) is 6.71. The lowest BCUT2D eigenvalue weighted by Crippen LogP contribution is -2.30. The predicted octanol–water partition coefficient (Wildman–Crippen LogP) is 3.43. The van der Waals surface area contributed by atoms with E-state index >= 15 is 0 Å². The standard InChI is InChI=1S/C22H19N5O2/c28-22(17-5-8-23-9-6-17)24-19-3-2-16-7-10-27(14-18(16)12-19)13-15-1-4-20-21(11-15)26-29-25-20/h1-6,8-9,11-12H,7,10,13-14H2,(H,24,28). The summed E-state index contributed by atoms with van der Waals surface area (Å²) in [7, 11) is 0. The zero-order valence-electron chi connectivity index (χ0n) is 15.7. The highest BCUT2D eigenvalue weighted by Crippen LogP contribution is 2.25. The number of nitrogens with zero attached hydrogens (tertiary/aromatic N) is 4. The number of carbonyl (C=O) groups is 1. The van der Waals surface area contributed by atoms with Gasteiger partial charge in [0.2, 0.25) is 0 Å². The monoisotopic (exact) mass is 385 g/mol. The molecule has 1 amide bonds. The van der Waals surface area contributed by atoms with Crippen molar-refractivity contribution in [1.82, 2.24) is 20.2 Å². The molecule has 0 aliphatic carbocycles. The van der Waals surface area contributed by atoms with Gasteiger partial charge in [0.05, 0.1) is 0 Å². The fourth-order valence-electron chi connectivity index (χ4n) is 3.72. The van der Waals surface area contributed by atoms with E-state index < -0.39 is 0 Å². The molecule has 144 valence electrons. The van der Waals surface area contributed by atoms with E-state index in [1.807, 2.05) is 18.2 Å². The topological polar surface area (TPSA) is 84.2 Å². The van der Waals surface area contributed by atoms with Crippen molar-refractivity contribution in [3.63, 3.8) is 0 Å². The lowest BCUT2D eigenvalue weighted by molar-refractivity contribution is 0.102. The molecular formula is C22H19N5O2. The van der Waals surface area contributed by atoms with Crippen LogP contribution in [0.2, 0.25) is 0 Å². The highest BCUT2D eigenvalue weighted by Gasteiger charge is 2.18. The van der Waals surface area contributed by atoms with Crippen LogP contribution in [0.15, 0.2) is 65.6 Å². The number of fused-ring (bicyclic) bond motifs is 2. The minimum atomic E-state index is -0.130. The first kappa shape index (κ1) is 17.5. The summed E-state index contributed by atoms with van der Waals surface area (Å²) in [6, 6.07) is 15.6. The van der Waals surface area contributed by atoms with Gasteiger partial charge in [-0.2, -0.15) is 0 Å². The molecule has 5 rings (SSSR count). The number of pyridine rings is 1. The zero-order chi connectivity index (χ0) is 19.6. The maximum atomic E-state index is 12.4. The molecule has 0 saturated heterocycles. The minimum Gasteiger partial charge on any atom is -0.322 e. The van der Waals surface area contributed by atoms with Crippen molar-refractivity contribution in [3.8, 4) is 0 Å². The first-order valence-electron chi connectivity index (χ1n) is 9.51. The number of benzene rings is 2. The maximum Gasteiger partial charge on any atom is 0.255 e. The van der Waals surface area contributed by atoms with Gasteiger partial charge in [0.1, 0.15) is 11.0 Å². The maximum absolute atomic E-state index is 12.4. The van der Waals surface area contributed by atoms with Crippen molar-refractivity contribution in [2.75, 3.05) is 11.9 Å². The third-order valence-corrected chi connectivity index (χ3v) is 5.22. The fourth-order valence-corrected chi connectivity index (χ4v) is 3.72. The summed E-state index contributed by atoms with van der Waals surface area (Å²) in [4.78, 5) is 18.7. The molecule has 0 fully saturated rings. The molecule has 1 aliphatic rings. The molecule has 2 aromatic heterocycles. The van der Waals surface area contributed by atoms with Gasteiger partial charge in [-0.1, -0.05) is 12.1 Å². The molecule has 0 spiro atoms. The van der Waals surface area contributed by atoms with Crippen LogP contribution in [0.5, 0.6) is 0 Å². The second-order valence-electron chi connectivity index (χ2n) is 7.22. The van der Waals surface area contributed by atoms with Crippen LogP contribution in [0.3, 0.4) is 0 Å². The Morgan fingerprint density at radius 1 is 1.00 bits per heavy atom. The minimum absolute atomic E-state index is 0.130. The predicted molar refractivity (Wildman–Crippen MR) is 108 cm³/mol. The number of hydrogen-bond acceptors (Lipinski definition) is 6. The Morgan fingerprint density at radius 3 is 2.76 bits per heavy atom. The number of aromatic nitrogens is 3. The summed E-state index contributed by atoms with van der Waals surface area (Å²) in [5.74, 6) is -0.130. The number of anilines is 1. The van der Waals surface area contributed by atoms with Crippen LogP contribution in [-0.4, -0.2) is 32.6 Å². The average Bonchev–Trinajstić information content (AvgIpc) is 3.22. The number of nitrogens with one attached hydrogen (secondary N) is 1. The number of amides is 1.